The molecule has 0 heterocycles. The summed E-state index contributed by atoms with van der Waals surface area (Å²) in [6, 6.07) is 7.59. The maximum absolute atomic E-state index is 10.8. The minimum Gasteiger partial charge on any atom is -0.330 e. The lowest BCUT2D eigenvalue weighted by molar-refractivity contribution is 0.101. The van der Waals surface area contributed by atoms with Gasteiger partial charge >= 0.3 is 0 Å². The van der Waals surface area contributed by atoms with Crippen LogP contribution in [-0.4, -0.2) is 12.3 Å². The fourth-order valence-electron chi connectivity index (χ4n) is 0.864. The average Bonchev–Trinajstić information content (AvgIpc) is 2.32. The number of hydrogen-bond donors (Lipinski definition) is 1. The molecule has 0 aliphatic heterocycles. The summed E-state index contributed by atoms with van der Waals surface area (Å²) in [6.07, 6.45) is 1.10. The van der Waals surface area contributed by atoms with Crippen LogP contribution in [0.3, 0.4) is 0 Å². The number of carbonyl (C=O) groups excluding carboxylic acids is 1. The highest BCUT2D eigenvalue weighted by Crippen LogP contribution is 2.03. The Morgan fingerprint density at radius 3 is 2.06 bits per heavy atom. The van der Waals surface area contributed by atoms with Crippen molar-refractivity contribution >= 4 is 5.78 Å². The first-order valence-corrected chi connectivity index (χ1v) is 5.89. The molecular formula is C14H25NO. The molecule has 1 aromatic rings. The number of hydrogen-bond acceptors (Lipinski definition) is 2. The predicted molar refractivity (Wildman–Crippen MR) is 71.9 cm³/mol. The Morgan fingerprint density at radius 2 is 1.81 bits per heavy atom. The van der Waals surface area contributed by atoms with Crippen molar-refractivity contribution in [1.29, 1.82) is 0 Å². The van der Waals surface area contributed by atoms with Crippen molar-refractivity contribution in [1.82, 2.24) is 0 Å². The second kappa shape index (κ2) is 11.9. The van der Waals surface area contributed by atoms with Crippen LogP contribution in [0.25, 0.3) is 0 Å². The van der Waals surface area contributed by atoms with Gasteiger partial charge in [-0.25, -0.2) is 0 Å². The summed E-state index contributed by atoms with van der Waals surface area (Å²) in [7, 11) is 0. The van der Waals surface area contributed by atoms with Gasteiger partial charge in [-0.15, -0.1) is 0 Å². The minimum atomic E-state index is 0.128. The lowest BCUT2D eigenvalue weighted by atomic mass is 10.1. The molecule has 2 nitrogen and oxygen atoms in total. The topological polar surface area (TPSA) is 43.1 Å². The van der Waals surface area contributed by atoms with E-state index in [0.717, 1.165) is 24.1 Å². The Balaban J connectivity index is 0. The predicted octanol–water partition coefficient (Wildman–Crippen LogP) is 3.58. The van der Waals surface area contributed by atoms with Gasteiger partial charge in [0.1, 0.15) is 0 Å². The number of ketones is 1. The van der Waals surface area contributed by atoms with E-state index < -0.39 is 0 Å². The molecule has 1 rings (SSSR count). The van der Waals surface area contributed by atoms with Crippen LogP contribution < -0.4 is 5.73 Å². The van der Waals surface area contributed by atoms with Crippen molar-refractivity contribution in [3.63, 3.8) is 0 Å². The van der Waals surface area contributed by atoms with Gasteiger partial charge in [-0.3, -0.25) is 4.79 Å². The number of Topliss-reactive ketones (excluding diaryl/α,β-unsaturated/α-hetero) is 1. The average molecular weight is 223 g/mol. The molecule has 92 valence electrons. The van der Waals surface area contributed by atoms with Crippen molar-refractivity contribution in [2.24, 2.45) is 5.73 Å². The van der Waals surface area contributed by atoms with Crippen LogP contribution in [0.2, 0.25) is 0 Å². The second-order valence-electron chi connectivity index (χ2n) is 3.21. The number of aryl methyl sites for hydroxylation is 1. The molecule has 0 bridgehead atoms. The molecule has 1 aromatic carbocycles. The standard InChI is InChI=1S/C9H10O.C3H9N.C2H6/c1-7-4-3-5-9(6-7)8(2)10;1-2-3-4;1-2/h3-6H,1-2H3;2-4H2,1H3;1-2H3. The van der Waals surface area contributed by atoms with Crippen LogP contribution in [0.15, 0.2) is 24.3 Å². The van der Waals surface area contributed by atoms with Crippen LogP contribution in [0.5, 0.6) is 0 Å². The van der Waals surface area contributed by atoms with Crippen molar-refractivity contribution in [2.45, 2.75) is 41.0 Å². The van der Waals surface area contributed by atoms with E-state index in [1.807, 2.05) is 45.0 Å². The third kappa shape index (κ3) is 9.41. The normalized spacial score (nSPS) is 8.12. The molecule has 0 atom stereocenters. The second-order valence-corrected chi connectivity index (χ2v) is 3.21. The van der Waals surface area contributed by atoms with Gasteiger partial charge in [0.15, 0.2) is 5.78 Å². The summed E-state index contributed by atoms with van der Waals surface area (Å²) in [5.74, 6) is 0.128. The van der Waals surface area contributed by atoms with Gasteiger partial charge in [0.05, 0.1) is 0 Å². The lowest BCUT2D eigenvalue weighted by Crippen LogP contribution is -1.93. The van der Waals surface area contributed by atoms with Crippen molar-refractivity contribution in [3.05, 3.63) is 35.4 Å². The number of rotatable bonds is 2. The Morgan fingerprint density at radius 1 is 1.31 bits per heavy atom. The van der Waals surface area contributed by atoms with Crippen molar-refractivity contribution in [3.8, 4) is 0 Å². The zero-order chi connectivity index (χ0) is 13.0. The molecule has 0 spiro atoms. The molecule has 0 radical (unpaired) electrons. The Labute approximate surface area is 99.9 Å². The highest BCUT2D eigenvalue weighted by molar-refractivity contribution is 5.94. The van der Waals surface area contributed by atoms with E-state index in [-0.39, 0.29) is 5.78 Å². The van der Waals surface area contributed by atoms with E-state index in [2.05, 4.69) is 6.92 Å². The number of benzene rings is 1. The Bertz CT molecular complexity index is 280. The number of carbonyl (C=O) groups is 1. The van der Waals surface area contributed by atoms with Crippen LogP contribution in [0.1, 0.15) is 50.0 Å². The van der Waals surface area contributed by atoms with Gasteiger partial charge in [-0.2, -0.15) is 0 Å². The fraction of sp³-hybridized carbons (Fsp3) is 0.500. The van der Waals surface area contributed by atoms with E-state index in [9.17, 15) is 4.79 Å². The first kappa shape index (κ1) is 17.3. The highest BCUT2D eigenvalue weighted by Gasteiger charge is 1.95. The maximum atomic E-state index is 10.8. The lowest BCUT2D eigenvalue weighted by Gasteiger charge is -1.94. The van der Waals surface area contributed by atoms with E-state index in [4.69, 9.17) is 5.73 Å². The number of nitrogens with two attached hydrogens (primary N) is 1. The first-order valence-electron chi connectivity index (χ1n) is 5.89. The van der Waals surface area contributed by atoms with Gasteiger partial charge in [-0.05, 0) is 32.9 Å². The molecule has 0 unspecified atom stereocenters. The van der Waals surface area contributed by atoms with Gasteiger partial charge in [0.25, 0.3) is 0 Å². The van der Waals surface area contributed by atoms with Crippen molar-refractivity contribution in [2.75, 3.05) is 6.54 Å². The molecule has 0 aromatic heterocycles. The fourth-order valence-corrected chi connectivity index (χ4v) is 0.864. The summed E-state index contributed by atoms with van der Waals surface area (Å²) in [5, 5.41) is 0. The molecule has 2 N–H and O–H groups in total. The summed E-state index contributed by atoms with van der Waals surface area (Å²) >= 11 is 0. The van der Waals surface area contributed by atoms with Crippen LogP contribution >= 0.6 is 0 Å². The molecule has 16 heavy (non-hydrogen) atoms. The molecule has 2 heteroatoms. The molecule has 0 fully saturated rings. The van der Waals surface area contributed by atoms with Gasteiger partial charge < -0.3 is 5.73 Å². The molecule has 0 aliphatic carbocycles. The van der Waals surface area contributed by atoms with Crippen LogP contribution in [-0.2, 0) is 0 Å². The quantitative estimate of drug-likeness (QED) is 0.779. The van der Waals surface area contributed by atoms with E-state index in [1.54, 1.807) is 6.92 Å². The largest absolute Gasteiger partial charge is 0.330 e. The Hall–Kier alpha value is -1.15. The van der Waals surface area contributed by atoms with Gasteiger partial charge in [0.2, 0.25) is 0 Å². The zero-order valence-electron chi connectivity index (χ0n) is 11.2. The first-order chi connectivity index (χ1) is 7.61. The molecular weight excluding hydrogens is 198 g/mol. The summed E-state index contributed by atoms with van der Waals surface area (Å²) in [6.45, 7) is 10.4. The summed E-state index contributed by atoms with van der Waals surface area (Å²) in [5.41, 5.74) is 6.95. The zero-order valence-corrected chi connectivity index (χ0v) is 11.2. The molecule has 0 saturated heterocycles. The van der Waals surface area contributed by atoms with Gasteiger partial charge in [0, 0.05) is 5.56 Å². The summed E-state index contributed by atoms with van der Waals surface area (Å²) in [4.78, 5) is 10.8. The van der Waals surface area contributed by atoms with Gasteiger partial charge in [-0.1, -0.05) is 44.5 Å². The molecule has 0 aliphatic rings. The third-order valence-electron chi connectivity index (χ3n) is 1.71. The van der Waals surface area contributed by atoms with E-state index >= 15 is 0 Å². The van der Waals surface area contributed by atoms with Crippen LogP contribution in [0.4, 0.5) is 0 Å². The minimum absolute atomic E-state index is 0.128. The van der Waals surface area contributed by atoms with E-state index in [1.165, 1.54) is 0 Å². The Kier molecular flexibility index (Phi) is 12.9. The van der Waals surface area contributed by atoms with E-state index in [0.29, 0.717) is 0 Å². The van der Waals surface area contributed by atoms with Crippen LogP contribution in [0, 0.1) is 6.92 Å². The molecule has 0 saturated carbocycles. The SMILES string of the molecule is CC.CC(=O)c1cccc(C)c1.CCCN. The smallest absolute Gasteiger partial charge is 0.159 e. The monoisotopic (exact) mass is 223 g/mol. The molecule has 0 amide bonds. The highest BCUT2D eigenvalue weighted by atomic mass is 16.1. The summed E-state index contributed by atoms with van der Waals surface area (Å²) < 4.78 is 0. The maximum Gasteiger partial charge on any atom is 0.159 e. The third-order valence-corrected chi connectivity index (χ3v) is 1.71. The van der Waals surface area contributed by atoms with Crippen molar-refractivity contribution < 1.29 is 4.79 Å².